The van der Waals surface area contributed by atoms with Crippen molar-refractivity contribution in [3.05, 3.63) is 11.6 Å². The van der Waals surface area contributed by atoms with E-state index in [1.807, 2.05) is 0 Å². The number of hydrogen-bond acceptors (Lipinski definition) is 2. The van der Waals surface area contributed by atoms with Crippen molar-refractivity contribution >= 4 is 5.71 Å². The molecule has 0 saturated heterocycles. The molecule has 29 heavy (non-hydrogen) atoms. The lowest BCUT2D eigenvalue weighted by Crippen LogP contribution is -2.51. The van der Waals surface area contributed by atoms with Crippen molar-refractivity contribution in [2.24, 2.45) is 51.5 Å². The molecule has 3 saturated carbocycles. The minimum Gasteiger partial charge on any atom is -0.411 e. The van der Waals surface area contributed by atoms with Gasteiger partial charge in [-0.1, -0.05) is 64.6 Å². The molecule has 0 bridgehead atoms. The lowest BCUT2D eigenvalue weighted by Gasteiger charge is -2.58. The van der Waals surface area contributed by atoms with Crippen molar-refractivity contribution in [2.45, 2.75) is 105 Å². The monoisotopic (exact) mass is 399 g/mol. The number of oxime groups is 1. The fourth-order valence-corrected chi connectivity index (χ4v) is 8.67. The van der Waals surface area contributed by atoms with E-state index in [1.165, 1.54) is 64.2 Å². The first-order valence-corrected chi connectivity index (χ1v) is 12.7. The molecule has 0 spiro atoms. The van der Waals surface area contributed by atoms with E-state index in [4.69, 9.17) is 0 Å². The van der Waals surface area contributed by atoms with Gasteiger partial charge in [-0.2, -0.15) is 0 Å². The summed E-state index contributed by atoms with van der Waals surface area (Å²) in [6.45, 7) is 12.5. The van der Waals surface area contributed by atoms with E-state index in [0.29, 0.717) is 10.8 Å². The van der Waals surface area contributed by atoms with Gasteiger partial charge in [0.1, 0.15) is 0 Å². The van der Waals surface area contributed by atoms with Crippen LogP contribution in [-0.2, 0) is 0 Å². The molecule has 3 fully saturated rings. The van der Waals surface area contributed by atoms with Crippen molar-refractivity contribution in [1.82, 2.24) is 0 Å². The summed E-state index contributed by atoms with van der Waals surface area (Å²) in [5.74, 6) is 5.43. The molecule has 7 atom stereocenters. The van der Waals surface area contributed by atoms with Crippen LogP contribution in [-0.4, -0.2) is 10.9 Å². The third kappa shape index (κ3) is 3.61. The molecule has 4 aliphatic carbocycles. The number of allylic oxidation sites excluding steroid dienone is 2. The molecule has 2 heteroatoms. The van der Waals surface area contributed by atoms with E-state index in [9.17, 15) is 5.21 Å². The summed E-state index contributed by atoms with van der Waals surface area (Å²) in [6.07, 6.45) is 17.1. The largest absolute Gasteiger partial charge is 0.411 e. The third-order valence-corrected chi connectivity index (χ3v) is 10.3. The highest BCUT2D eigenvalue weighted by atomic mass is 16.4. The van der Waals surface area contributed by atoms with Crippen LogP contribution in [0.1, 0.15) is 105 Å². The summed E-state index contributed by atoms with van der Waals surface area (Å²) in [5.41, 5.74) is 3.45. The van der Waals surface area contributed by atoms with Gasteiger partial charge in [0.05, 0.1) is 5.71 Å². The van der Waals surface area contributed by atoms with Crippen LogP contribution in [0.4, 0.5) is 0 Å². The van der Waals surface area contributed by atoms with Crippen molar-refractivity contribution in [1.29, 1.82) is 0 Å². The van der Waals surface area contributed by atoms with Crippen molar-refractivity contribution < 1.29 is 5.21 Å². The van der Waals surface area contributed by atoms with Gasteiger partial charge in [-0.15, -0.1) is 0 Å². The molecule has 0 radical (unpaired) electrons. The lowest BCUT2D eigenvalue weighted by atomic mass is 9.46. The summed E-state index contributed by atoms with van der Waals surface area (Å²) in [6, 6.07) is 0. The van der Waals surface area contributed by atoms with Gasteiger partial charge >= 0.3 is 0 Å². The van der Waals surface area contributed by atoms with Gasteiger partial charge in [0, 0.05) is 0 Å². The summed E-state index contributed by atoms with van der Waals surface area (Å²) in [4.78, 5) is 0. The number of nitrogens with zero attached hydrogens (tertiary/aromatic N) is 1. The Kier molecular flexibility index (Phi) is 5.95. The zero-order valence-corrected chi connectivity index (χ0v) is 19.7. The van der Waals surface area contributed by atoms with E-state index in [0.717, 1.165) is 47.6 Å². The Hall–Kier alpha value is -0.790. The predicted octanol–water partition coefficient (Wildman–Crippen LogP) is 7.86. The highest BCUT2D eigenvalue weighted by Crippen LogP contribution is 2.67. The second-order valence-corrected chi connectivity index (χ2v) is 12.1. The molecule has 0 aliphatic heterocycles. The molecular formula is C27H45NO. The van der Waals surface area contributed by atoms with E-state index in [-0.39, 0.29) is 0 Å². The first kappa shape index (κ1) is 21.4. The van der Waals surface area contributed by atoms with Crippen LogP contribution in [0.3, 0.4) is 0 Å². The van der Waals surface area contributed by atoms with E-state index >= 15 is 0 Å². The van der Waals surface area contributed by atoms with Gasteiger partial charge in [-0.25, -0.2) is 0 Å². The molecule has 1 N–H and O–H groups in total. The molecule has 2 nitrogen and oxygen atoms in total. The quantitative estimate of drug-likeness (QED) is 0.370. The van der Waals surface area contributed by atoms with Crippen LogP contribution in [0.2, 0.25) is 0 Å². The van der Waals surface area contributed by atoms with Crippen LogP contribution in [0.15, 0.2) is 16.8 Å². The second-order valence-electron chi connectivity index (χ2n) is 12.1. The number of hydrogen-bond donors (Lipinski definition) is 1. The Morgan fingerprint density at radius 3 is 2.52 bits per heavy atom. The topological polar surface area (TPSA) is 32.6 Å². The highest BCUT2D eigenvalue weighted by molar-refractivity contribution is 5.96. The van der Waals surface area contributed by atoms with E-state index in [2.05, 4.69) is 45.9 Å². The molecule has 0 aromatic carbocycles. The average Bonchev–Trinajstić information content (AvgIpc) is 3.04. The predicted molar refractivity (Wildman–Crippen MR) is 122 cm³/mol. The summed E-state index contributed by atoms with van der Waals surface area (Å²) >= 11 is 0. The first-order chi connectivity index (χ1) is 13.8. The smallest absolute Gasteiger partial charge is 0.0795 e. The molecular weight excluding hydrogens is 354 g/mol. The summed E-state index contributed by atoms with van der Waals surface area (Å²) in [7, 11) is 0. The SMILES string of the molecule is CC(C)CCCC(C)C1CCC2C3CCC4=C/C(=N\O)CCC4(C)C3CCC12C. The fourth-order valence-electron chi connectivity index (χ4n) is 8.67. The minimum atomic E-state index is 0.361. The normalized spacial score (nSPS) is 44.2. The van der Waals surface area contributed by atoms with Gasteiger partial charge in [-0.3, -0.25) is 0 Å². The average molecular weight is 400 g/mol. The first-order valence-electron chi connectivity index (χ1n) is 12.7. The third-order valence-electron chi connectivity index (χ3n) is 10.3. The van der Waals surface area contributed by atoms with Crippen LogP contribution in [0.25, 0.3) is 0 Å². The number of rotatable bonds is 5. The Balaban J connectivity index is 1.49. The van der Waals surface area contributed by atoms with Gasteiger partial charge in [0.15, 0.2) is 0 Å². The van der Waals surface area contributed by atoms with Crippen molar-refractivity contribution in [3.63, 3.8) is 0 Å². The molecule has 0 aromatic rings. The van der Waals surface area contributed by atoms with Crippen LogP contribution in [0, 0.1) is 46.3 Å². The highest BCUT2D eigenvalue weighted by Gasteiger charge is 2.59. The molecule has 0 aromatic heterocycles. The Labute approximate surface area is 179 Å². The molecule has 0 amide bonds. The number of fused-ring (bicyclic) bond motifs is 5. The van der Waals surface area contributed by atoms with Crippen LogP contribution in [0.5, 0.6) is 0 Å². The molecule has 0 heterocycles. The van der Waals surface area contributed by atoms with Gasteiger partial charge < -0.3 is 5.21 Å². The Bertz CT molecular complexity index is 663. The van der Waals surface area contributed by atoms with E-state index in [1.54, 1.807) is 5.57 Å². The molecule has 4 rings (SSSR count). The maximum atomic E-state index is 9.27. The van der Waals surface area contributed by atoms with Crippen LogP contribution >= 0.6 is 0 Å². The molecule has 7 unspecified atom stereocenters. The van der Waals surface area contributed by atoms with Crippen LogP contribution < -0.4 is 0 Å². The van der Waals surface area contributed by atoms with Crippen molar-refractivity contribution in [3.8, 4) is 0 Å². The standard InChI is InChI=1S/C27H45NO/c1-18(2)7-6-8-19(3)23-11-12-24-22-10-9-20-17-21(28-29)13-15-26(20,4)25(22)14-16-27(23,24)5/h17-19,22-25,29H,6-16H2,1-5H3/b28-21-. The summed E-state index contributed by atoms with van der Waals surface area (Å²) < 4.78 is 0. The Morgan fingerprint density at radius 1 is 1.00 bits per heavy atom. The summed E-state index contributed by atoms with van der Waals surface area (Å²) in [5, 5.41) is 12.8. The zero-order valence-electron chi connectivity index (χ0n) is 19.7. The maximum absolute atomic E-state index is 9.27. The Morgan fingerprint density at radius 2 is 1.79 bits per heavy atom. The maximum Gasteiger partial charge on any atom is 0.0795 e. The van der Waals surface area contributed by atoms with Gasteiger partial charge in [0.25, 0.3) is 0 Å². The molecule has 164 valence electrons. The minimum absolute atomic E-state index is 0.361. The van der Waals surface area contributed by atoms with Crippen molar-refractivity contribution in [2.75, 3.05) is 0 Å². The van der Waals surface area contributed by atoms with Gasteiger partial charge in [0.2, 0.25) is 0 Å². The zero-order chi connectivity index (χ0) is 20.8. The lowest BCUT2D eigenvalue weighted by molar-refractivity contribution is -0.0574. The van der Waals surface area contributed by atoms with Gasteiger partial charge in [-0.05, 0) is 104 Å². The second kappa shape index (κ2) is 8.04. The molecule has 4 aliphatic rings. The van der Waals surface area contributed by atoms with E-state index < -0.39 is 0 Å². The fraction of sp³-hybridized carbons (Fsp3) is 0.889.